The number of hydrogen-bond donors (Lipinski definition) is 2. The molecule has 0 unspecified atom stereocenters. The number of anilines is 1. The number of nitrogens with one attached hydrogen (secondary N) is 1. The fourth-order valence-corrected chi connectivity index (χ4v) is 3.39. The van der Waals surface area contributed by atoms with Gasteiger partial charge in [-0.3, -0.25) is 4.79 Å². The van der Waals surface area contributed by atoms with E-state index in [2.05, 4.69) is 5.32 Å². The van der Waals surface area contributed by atoms with Crippen LogP contribution in [0.2, 0.25) is 0 Å². The highest BCUT2D eigenvalue weighted by atomic mass is 32.1. The van der Waals surface area contributed by atoms with Crippen LogP contribution in [0.1, 0.15) is 28.1 Å². The zero-order chi connectivity index (χ0) is 15.4. The number of fused-ring (bicyclic) bond motifs is 1. The van der Waals surface area contributed by atoms with Crippen molar-refractivity contribution in [2.45, 2.75) is 31.5 Å². The predicted octanol–water partition coefficient (Wildman–Crippen LogP) is 3.62. The summed E-state index contributed by atoms with van der Waals surface area (Å²) >= 11 is 1.12. The summed E-state index contributed by atoms with van der Waals surface area (Å²) in [5.74, 6) is -0.749. The molecule has 21 heavy (non-hydrogen) atoms. The van der Waals surface area contributed by atoms with Gasteiger partial charge in [-0.2, -0.15) is 13.2 Å². The molecule has 0 aliphatic heterocycles. The second-order valence-corrected chi connectivity index (χ2v) is 6.43. The van der Waals surface area contributed by atoms with Gasteiger partial charge in [-0.05, 0) is 31.4 Å². The molecule has 1 saturated carbocycles. The van der Waals surface area contributed by atoms with Crippen LogP contribution in [0.4, 0.5) is 18.9 Å². The van der Waals surface area contributed by atoms with Crippen molar-refractivity contribution in [3.8, 4) is 0 Å². The first-order valence-electron chi connectivity index (χ1n) is 6.41. The lowest BCUT2D eigenvalue weighted by Crippen LogP contribution is -2.47. The predicted molar refractivity (Wildman–Crippen MR) is 76.5 cm³/mol. The Bertz CT molecular complexity index is 732. The lowest BCUT2D eigenvalue weighted by molar-refractivity contribution is -0.163. The second kappa shape index (κ2) is 4.37. The average molecular weight is 314 g/mol. The van der Waals surface area contributed by atoms with E-state index in [1.807, 2.05) is 19.1 Å². The summed E-state index contributed by atoms with van der Waals surface area (Å²) in [4.78, 5) is 12.3. The van der Waals surface area contributed by atoms with Crippen molar-refractivity contribution >= 4 is 33.0 Å². The van der Waals surface area contributed by atoms with Gasteiger partial charge >= 0.3 is 6.18 Å². The topological polar surface area (TPSA) is 55.1 Å². The molecule has 0 spiro atoms. The number of nitrogens with two attached hydrogens (primary N) is 1. The van der Waals surface area contributed by atoms with Crippen LogP contribution < -0.4 is 11.1 Å². The number of alkyl halides is 3. The van der Waals surface area contributed by atoms with Gasteiger partial charge in [0.1, 0.15) is 10.4 Å². The summed E-state index contributed by atoms with van der Waals surface area (Å²) in [5, 5.41) is 2.81. The molecule has 1 fully saturated rings. The molecule has 112 valence electrons. The maximum absolute atomic E-state index is 12.9. The van der Waals surface area contributed by atoms with Gasteiger partial charge < -0.3 is 11.1 Å². The van der Waals surface area contributed by atoms with Crippen LogP contribution in [-0.2, 0) is 0 Å². The lowest BCUT2D eigenvalue weighted by atomic mass is 10.1. The van der Waals surface area contributed by atoms with E-state index < -0.39 is 17.6 Å². The molecule has 0 atom stereocenters. The minimum Gasteiger partial charge on any atom is -0.397 e. The number of hydrogen-bond acceptors (Lipinski definition) is 3. The number of aryl methyl sites for hydroxylation is 1. The first-order chi connectivity index (χ1) is 9.73. The normalized spacial score (nSPS) is 17.0. The van der Waals surface area contributed by atoms with Crippen LogP contribution in [0.5, 0.6) is 0 Å². The van der Waals surface area contributed by atoms with Crippen LogP contribution in [-0.4, -0.2) is 17.6 Å². The third kappa shape index (κ3) is 2.25. The molecule has 1 aromatic carbocycles. The van der Waals surface area contributed by atoms with Gasteiger partial charge in [0, 0.05) is 10.1 Å². The van der Waals surface area contributed by atoms with E-state index >= 15 is 0 Å². The second-order valence-electron chi connectivity index (χ2n) is 5.38. The molecule has 1 amide bonds. The van der Waals surface area contributed by atoms with Crippen LogP contribution >= 0.6 is 11.3 Å². The van der Waals surface area contributed by atoms with Crippen molar-refractivity contribution in [1.29, 1.82) is 0 Å². The number of benzene rings is 1. The highest BCUT2D eigenvalue weighted by molar-refractivity contribution is 7.21. The van der Waals surface area contributed by atoms with Gasteiger partial charge in [-0.25, -0.2) is 0 Å². The monoisotopic (exact) mass is 314 g/mol. The highest BCUT2D eigenvalue weighted by Crippen LogP contribution is 2.49. The van der Waals surface area contributed by atoms with E-state index in [0.29, 0.717) is 5.39 Å². The summed E-state index contributed by atoms with van der Waals surface area (Å²) in [6.45, 7) is 1.90. The molecular weight excluding hydrogens is 301 g/mol. The standard InChI is InChI=1S/C14H13F3N2OS/c1-7-2-3-8-9(6-7)21-11(10(8)18)12(20)19-13(4-5-13)14(15,16)17/h2-3,6H,4-5,18H2,1H3,(H,19,20). The number of thiophene rings is 1. The molecule has 2 aromatic rings. The molecule has 3 nitrogen and oxygen atoms in total. The molecule has 1 aliphatic carbocycles. The number of rotatable bonds is 2. The summed E-state index contributed by atoms with van der Waals surface area (Å²) in [5.41, 5.74) is 5.09. The van der Waals surface area contributed by atoms with Crippen molar-refractivity contribution < 1.29 is 18.0 Å². The number of carbonyl (C=O) groups excluding carboxylic acids is 1. The minimum atomic E-state index is -4.43. The molecule has 1 aliphatic rings. The smallest absolute Gasteiger partial charge is 0.397 e. The van der Waals surface area contributed by atoms with Gasteiger partial charge in [0.05, 0.1) is 5.69 Å². The maximum Gasteiger partial charge on any atom is 0.411 e. The highest BCUT2D eigenvalue weighted by Gasteiger charge is 2.64. The lowest BCUT2D eigenvalue weighted by Gasteiger charge is -2.20. The Morgan fingerprint density at radius 2 is 2.05 bits per heavy atom. The summed E-state index contributed by atoms with van der Waals surface area (Å²) in [7, 11) is 0. The summed E-state index contributed by atoms with van der Waals surface area (Å²) in [6, 6.07) is 5.50. The number of carbonyl (C=O) groups is 1. The van der Waals surface area contributed by atoms with Crippen molar-refractivity contribution in [2.75, 3.05) is 5.73 Å². The summed E-state index contributed by atoms with van der Waals surface area (Å²) in [6.07, 6.45) is -4.58. The fraction of sp³-hybridized carbons (Fsp3) is 0.357. The third-order valence-corrected chi connectivity index (χ3v) is 4.90. The molecule has 0 radical (unpaired) electrons. The Kier molecular flexibility index (Phi) is 2.95. The van der Waals surface area contributed by atoms with Crippen LogP contribution in [0, 0.1) is 6.92 Å². The Morgan fingerprint density at radius 3 is 2.62 bits per heavy atom. The Balaban J connectivity index is 1.94. The Hall–Kier alpha value is -1.76. The van der Waals surface area contributed by atoms with Gasteiger partial charge in [0.25, 0.3) is 5.91 Å². The minimum absolute atomic E-state index is 0.0772. The van der Waals surface area contributed by atoms with Gasteiger partial charge in [-0.1, -0.05) is 12.1 Å². The number of amides is 1. The van der Waals surface area contributed by atoms with Crippen LogP contribution in [0.3, 0.4) is 0 Å². The first-order valence-corrected chi connectivity index (χ1v) is 7.23. The molecule has 1 heterocycles. The molecule has 3 N–H and O–H groups in total. The molecule has 0 saturated heterocycles. The van der Waals surface area contributed by atoms with Crippen molar-refractivity contribution in [2.24, 2.45) is 0 Å². The molecular formula is C14H13F3N2OS. The zero-order valence-electron chi connectivity index (χ0n) is 11.2. The Morgan fingerprint density at radius 1 is 1.38 bits per heavy atom. The van der Waals surface area contributed by atoms with E-state index in [9.17, 15) is 18.0 Å². The largest absolute Gasteiger partial charge is 0.411 e. The van der Waals surface area contributed by atoms with Gasteiger partial charge in [0.2, 0.25) is 0 Å². The number of halogens is 3. The van der Waals surface area contributed by atoms with Crippen molar-refractivity contribution in [3.05, 3.63) is 28.6 Å². The molecule has 3 rings (SSSR count). The summed E-state index contributed by atoms with van der Waals surface area (Å²) < 4.78 is 39.5. The SMILES string of the molecule is Cc1ccc2c(N)c(C(=O)NC3(C(F)(F)F)CC3)sc2c1. The van der Waals surface area contributed by atoms with E-state index in [0.717, 1.165) is 21.6 Å². The van der Waals surface area contributed by atoms with E-state index in [1.165, 1.54) is 0 Å². The maximum atomic E-state index is 12.9. The molecule has 1 aromatic heterocycles. The molecule has 7 heteroatoms. The van der Waals surface area contributed by atoms with Gasteiger partial charge in [-0.15, -0.1) is 11.3 Å². The van der Waals surface area contributed by atoms with Crippen LogP contribution in [0.25, 0.3) is 10.1 Å². The number of nitrogen functional groups attached to an aromatic ring is 1. The van der Waals surface area contributed by atoms with Crippen molar-refractivity contribution in [3.63, 3.8) is 0 Å². The quantitative estimate of drug-likeness (QED) is 0.889. The Labute approximate surface area is 122 Å². The van der Waals surface area contributed by atoms with Gasteiger partial charge in [0.15, 0.2) is 0 Å². The zero-order valence-corrected chi connectivity index (χ0v) is 12.0. The van der Waals surface area contributed by atoms with E-state index in [4.69, 9.17) is 5.73 Å². The first kappa shape index (κ1) is 14.2. The fourth-order valence-electron chi connectivity index (χ4n) is 2.27. The van der Waals surface area contributed by atoms with Crippen LogP contribution in [0.15, 0.2) is 18.2 Å². The average Bonchev–Trinajstić information content (AvgIpc) is 3.09. The van der Waals surface area contributed by atoms with E-state index in [-0.39, 0.29) is 23.4 Å². The third-order valence-electron chi connectivity index (χ3n) is 3.74. The van der Waals surface area contributed by atoms with E-state index in [1.54, 1.807) is 6.07 Å². The molecule has 0 bridgehead atoms. The van der Waals surface area contributed by atoms with Crippen molar-refractivity contribution in [1.82, 2.24) is 5.32 Å².